The van der Waals surface area contributed by atoms with E-state index in [1.54, 1.807) is 0 Å². The van der Waals surface area contributed by atoms with Gasteiger partial charge in [-0.1, -0.05) is 12.1 Å². The Morgan fingerprint density at radius 1 is 1.13 bits per heavy atom. The van der Waals surface area contributed by atoms with Gasteiger partial charge in [-0.2, -0.15) is 0 Å². The number of urea groups is 1. The summed E-state index contributed by atoms with van der Waals surface area (Å²) in [5.74, 6) is 2.74. The molecule has 4 saturated carbocycles. The number of benzene rings is 1. The van der Waals surface area contributed by atoms with Crippen molar-refractivity contribution in [1.29, 1.82) is 0 Å². The molecule has 2 amide bonds. The van der Waals surface area contributed by atoms with Crippen LogP contribution in [0, 0.1) is 23.2 Å². The van der Waals surface area contributed by atoms with Crippen molar-refractivity contribution in [3.8, 4) is 0 Å². The molecule has 0 radical (unpaired) electrons. The van der Waals surface area contributed by atoms with E-state index in [0.29, 0.717) is 5.41 Å². The summed E-state index contributed by atoms with van der Waals surface area (Å²) < 4.78 is 0.914. The number of carbonyl (C=O) groups is 1. The minimum atomic E-state index is -0.0832. The largest absolute Gasteiger partial charge is 0.335 e. The number of nitrogens with one attached hydrogen (secondary N) is 2. The van der Waals surface area contributed by atoms with Crippen LogP contribution in [0.15, 0.2) is 28.7 Å². The van der Waals surface area contributed by atoms with Gasteiger partial charge >= 0.3 is 6.03 Å². The van der Waals surface area contributed by atoms with Gasteiger partial charge in [-0.25, -0.2) is 4.79 Å². The second kappa shape index (κ2) is 5.80. The van der Waals surface area contributed by atoms with Crippen LogP contribution in [0.3, 0.4) is 0 Å². The van der Waals surface area contributed by atoms with Crippen LogP contribution < -0.4 is 10.6 Å². The Morgan fingerprint density at radius 2 is 1.70 bits per heavy atom. The highest BCUT2D eigenvalue weighted by Gasteiger charge is 2.53. The van der Waals surface area contributed by atoms with Crippen molar-refractivity contribution in [3.05, 3.63) is 28.7 Å². The summed E-state index contributed by atoms with van der Waals surface area (Å²) in [6.45, 7) is 2.22. The Bertz CT molecular complexity index is 580. The molecule has 124 valence electrons. The Hall–Kier alpha value is -1.03. The number of carbonyl (C=O) groups excluding carboxylic acids is 1. The van der Waals surface area contributed by atoms with Crippen molar-refractivity contribution in [2.45, 2.75) is 51.5 Å². The Balaban J connectivity index is 1.43. The zero-order chi connectivity index (χ0) is 16.0. The first kappa shape index (κ1) is 15.5. The minimum Gasteiger partial charge on any atom is -0.335 e. The van der Waals surface area contributed by atoms with Gasteiger partial charge in [0.25, 0.3) is 0 Å². The van der Waals surface area contributed by atoms with E-state index in [-0.39, 0.29) is 12.1 Å². The average Bonchev–Trinajstić information content (AvgIpc) is 2.48. The van der Waals surface area contributed by atoms with E-state index in [2.05, 4.69) is 33.5 Å². The van der Waals surface area contributed by atoms with Gasteiger partial charge in [0.05, 0.1) is 5.69 Å². The molecule has 4 bridgehead atoms. The van der Waals surface area contributed by atoms with Crippen molar-refractivity contribution in [1.82, 2.24) is 5.32 Å². The number of hydrogen-bond acceptors (Lipinski definition) is 1. The minimum absolute atomic E-state index is 0.0832. The lowest BCUT2D eigenvalue weighted by molar-refractivity contribution is -0.0679. The number of hydrogen-bond donors (Lipinski definition) is 2. The van der Waals surface area contributed by atoms with Crippen LogP contribution in [0.2, 0.25) is 0 Å². The number of halogens is 1. The van der Waals surface area contributed by atoms with Crippen molar-refractivity contribution in [2.75, 3.05) is 5.32 Å². The standard InChI is InChI=1S/C19H25BrN2O/c1-12(21-18(23)22-17-5-3-2-4-16(17)20)19-9-13-6-14(10-19)8-15(7-13)11-19/h2-5,12-15H,6-11H2,1H3,(H2,21,22,23). The molecular formula is C19H25BrN2O. The molecule has 4 fully saturated rings. The molecule has 23 heavy (non-hydrogen) atoms. The summed E-state index contributed by atoms with van der Waals surface area (Å²) in [6.07, 6.45) is 8.26. The quantitative estimate of drug-likeness (QED) is 0.749. The maximum atomic E-state index is 12.4. The third kappa shape index (κ3) is 2.90. The molecule has 0 saturated heterocycles. The highest BCUT2D eigenvalue weighted by atomic mass is 79.9. The molecule has 4 heteroatoms. The first-order valence-electron chi connectivity index (χ1n) is 8.86. The topological polar surface area (TPSA) is 41.1 Å². The molecule has 3 nitrogen and oxygen atoms in total. The normalized spacial score (nSPS) is 35.8. The lowest BCUT2D eigenvalue weighted by Crippen LogP contribution is -2.56. The molecule has 0 aromatic heterocycles. The van der Waals surface area contributed by atoms with Crippen LogP contribution in [0.1, 0.15) is 45.4 Å². The Labute approximate surface area is 146 Å². The fourth-order valence-corrected chi connectivity index (χ4v) is 6.16. The average molecular weight is 377 g/mol. The van der Waals surface area contributed by atoms with E-state index in [4.69, 9.17) is 0 Å². The molecule has 1 unspecified atom stereocenters. The second-order valence-electron chi connectivity index (χ2n) is 8.08. The van der Waals surface area contributed by atoms with E-state index in [1.165, 1.54) is 38.5 Å². The third-order valence-corrected chi connectivity index (χ3v) is 7.17. The smallest absolute Gasteiger partial charge is 0.319 e. The zero-order valence-corrected chi connectivity index (χ0v) is 15.2. The van der Waals surface area contributed by atoms with Crippen molar-refractivity contribution >= 4 is 27.6 Å². The second-order valence-corrected chi connectivity index (χ2v) is 8.93. The van der Waals surface area contributed by atoms with E-state index < -0.39 is 0 Å². The molecule has 2 N–H and O–H groups in total. The SMILES string of the molecule is CC(NC(=O)Nc1ccccc1Br)C12CC3CC(CC(C3)C1)C2. The van der Waals surface area contributed by atoms with Crippen LogP contribution in [0.25, 0.3) is 0 Å². The van der Waals surface area contributed by atoms with Crippen LogP contribution in [-0.4, -0.2) is 12.1 Å². The fourth-order valence-electron chi connectivity index (χ4n) is 5.78. The highest BCUT2D eigenvalue weighted by molar-refractivity contribution is 9.10. The first-order chi connectivity index (χ1) is 11.0. The van der Waals surface area contributed by atoms with Gasteiger partial charge in [0.2, 0.25) is 0 Å². The van der Waals surface area contributed by atoms with Gasteiger partial charge in [0, 0.05) is 10.5 Å². The van der Waals surface area contributed by atoms with Crippen LogP contribution in [-0.2, 0) is 0 Å². The molecule has 1 atom stereocenters. The van der Waals surface area contributed by atoms with Gasteiger partial charge in [-0.05, 0) is 96.7 Å². The lowest BCUT2D eigenvalue weighted by Gasteiger charge is -2.59. The molecule has 1 aromatic rings. The molecular weight excluding hydrogens is 352 g/mol. The van der Waals surface area contributed by atoms with Gasteiger partial charge < -0.3 is 10.6 Å². The van der Waals surface area contributed by atoms with Crippen molar-refractivity contribution in [3.63, 3.8) is 0 Å². The highest BCUT2D eigenvalue weighted by Crippen LogP contribution is 2.61. The predicted octanol–water partition coefficient (Wildman–Crippen LogP) is 5.18. The molecule has 1 aromatic carbocycles. The maximum absolute atomic E-state index is 12.4. The number of anilines is 1. The van der Waals surface area contributed by atoms with E-state index >= 15 is 0 Å². The zero-order valence-electron chi connectivity index (χ0n) is 13.6. The van der Waals surface area contributed by atoms with Gasteiger partial charge in [0.15, 0.2) is 0 Å². The summed E-state index contributed by atoms with van der Waals surface area (Å²) in [6, 6.07) is 7.91. The Morgan fingerprint density at radius 3 is 2.26 bits per heavy atom. The predicted molar refractivity (Wildman–Crippen MR) is 96.4 cm³/mol. The number of rotatable bonds is 3. The lowest BCUT2D eigenvalue weighted by atomic mass is 9.48. The molecule has 0 heterocycles. The number of amides is 2. The fraction of sp³-hybridized carbons (Fsp3) is 0.632. The summed E-state index contributed by atoms with van der Waals surface area (Å²) in [4.78, 5) is 12.4. The summed E-state index contributed by atoms with van der Waals surface area (Å²) in [7, 11) is 0. The first-order valence-corrected chi connectivity index (χ1v) is 9.65. The van der Waals surface area contributed by atoms with Crippen molar-refractivity contribution < 1.29 is 4.79 Å². The van der Waals surface area contributed by atoms with E-state index in [1.807, 2.05) is 24.3 Å². The Kier molecular flexibility index (Phi) is 3.91. The van der Waals surface area contributed by atoms with Gasteiger partial charge in [-0.3, -0.25) is 0 Å². The summed E-state index contributed by atoms with van der Waals surface area (Å²) in [5, 5.41) is 6.22. The van der Waals surface area contributed by atoms with Gasteiger partial charge in [-0.15, -0.1) is 0 Å². The molecule has 0 spiro atoms. The number of para-hydroxylation sites is 1. The van der Waals surface area contributed by atoms with Crippen molar-refractivity contribution in [2.24, 2.45) is 23.2 Å². The van der Waals surface area contributed by atoms with Crippen LogP contribution in [0.4, 0.5) is 10.5 Å². The molecule has 5 rings (SSSR count). The van der Waals surface area contributed by atoms with E-state index in [9.17, 15) is 4.79 Å². The molecule has 0 aliphatic heterocycles. The molecule has 4 aliphatic carbocycles. The van der Waals surface area contributed by atoms with Gasteiger partial charge in [0.1, 0.15) is 0 Å². The van der Waals surface area contributed by atoms with Crippen LogP contribution >= 0.6 is 15.9 Å². The monoisotopic (exact) mass is 376 g/mol. The molecule has 4 aliphatic rings. The third-order valence-electron chi connectivity index (χ3n) is 6.47. The maximum Gasteiger partial charge on any atom is 0.319 e. The summed E-state index contributed by atoms with van der Waals surface area (Å²) >= 11 is 3.48. The van der Waals surface area contributed by atoms with E-state index in [0.717, 1.165) is 27.9 Å². The van der Waals surface area contributed by atoms with Crippen LogP contribution in [0.5, 0.6) is 0 Å². The summed E-state index contributed by atoms with van der Waals surface area (Å²) in [5.41, 5.74) is 1.17.